The molecule has 0 radical (unpaired) electrons. The molecule has 0 spiro atoms. The predicted molar refractivity (Wildman–Crippen MR) is 78.5 cm³/mol. The average Bonchev–Trinajstić information content (AvgIpc) is 2.48. The van der Waals surface area contributed by atoms with E-state index in [1.165, 1.54) is 25.7 Å². The van der Waals surface area contributed by atoms with Crippen molar-refractivity contribution in [1.82, 2.24) is 0 Å². The van der Waals surface area contributed by atoms with Gasteiger partial charge in [0.2, 0.25) is 0 Å². The summed E-state index contributed by atoms with van der Waals surface area (Å²) in [5, 5.41) is 10.7. The maximum atomic E-state index is 10.2. The fourth-order valence-corrected chi connectivity index (χ4v) is 1.56. The number of rotatable bonds is 9. The first-order valence-electron chi connectivity index (χ1n) is 6.95. The monoisotopic (exact) mass is 281 g/mol. The highest BCUT2D eigenvalue weighted by atomic mass is 16.7. The number of hydrogen-bond acceptors (Lipinski definition) is 4. The van der Waals surface area contributed by atoms with Gasteiger partial charge >= 0.3 is 5.97 Å². The molecule has 0 saturated heterocycles. The molecule has 20 heavy (non-hydrogen) atoms. The van der Waals surface area contributed by atoms with E-state index in [1.54, 1.807) is 30.3 Å². The molecule has 0 aliphatic heterocycles. The van der Waals surface area contributed by atoms with Crippen LogP contribution in [0.15, 0.2) is 35.7 Å². The van der Waals surface area contributed by atoms with Crippen LogP contribution in [0.1, 0.15) is 55.8 Å². The number of carbonyl (C=O) groups is 1. The molecule has 112 valence electrons. The summed E-state index contributed by atoms with van der Waals surface area (Å²) in [5.41, 5.74) is 0.331. The van der Waals surface area contributed by atoms with Crippen LogP contribution in [0, 0.1) is 4.91 Å². The second-order valence-electron chi connectivity index (χ2n) is 4.35. The number of carboxylic acid groups (broad SMARTS) is 1. The third-order valence-corrected chi connectivity index (χ3v) is 2.66. The minimum atomic E-state index is -0.879. The molecule has 0 aliphatic rings. The van der Waals surface area contributed by atoms with Gasteiger partial charge in [0.15, 0.2) is 5.34 Å². The molecule has 0 aromatic heterocycles. The van der Waals surface area contributed by atoms with Gasteiger partial charge in [0, 0.05) is 0 Å². The molecule has 0 heterocycles. The van der Waals surface area contributed by atoms with Gasteiger partial charge in [-0.1, -0.05) is 50.8 Å². The molecule has 5 nitrogen and oxygen atoms in total. The summed E-state index contributed by atoms with van der Waals surface area (Å²) in [6.45, 7) is 2.68. The van der Waals surface area contributed by atoms with Gasteiger partial charge in [-0.2, -0.15) is 0 Å². The first-order chi connectivity index (χ1) is 9.72. The van der Waals surface area contributed by atoms with Crippen LogP contribution in [-0.4, -0.2) is 17.7 Å². The Morgan fingerprint density at radius 1 is 1.10 bits per heavy atom. The molecule has 1 aromatic carbocycles. The maximum Gasteiger partial charge on any atom is 0.335 e. The van der Waals surface area contributed by atoms with E-state index >= 15 is 0 Å². The summed E-state index contributed by atoms with van der Waals surface area (Å²) < 4.78 is 0. The Morgan fingerprint density at radius 2 is 1.70 bits per heavy atom. The number of carboxylic acids is 1. The SMILES string of the molecule is CCCCCCCCON=O.O=C(O)c1ccccc1. The quantitative estimate of drug-likeness (QED) is 0.412. The van der Waals surface area contributed by atoms with Crippen molar-refractivity contribution in [1.29, 1.82) is 0 Å². The third-order valence-electron chi connectivity index (χ3n) is 2.66. The highest BCUT2D eigenvalue weighted by Crippen LogP contribution is 2.04. The normalized spacial score (nSPS) is 9.25. The first kappa shape index (κ1) is 18.1. The van der Waals surface area contributed by atoms with Crippen molar-refractivity contribution in [2.75, 3.05) is 6.61 Å². The molecule has 1 aromatic rings. The van der Waals surface area contributed by atoms with Gasteiger partial charge in [-0.15, -0.1) is 4.91 Å². The molecule has 0 aliphatic carbocycles. The van der Waals surface area contributed by atoms with Gasteiger partial charge in [-0.25, -0.2) is 4.79 Å². The first-order valence-corrected chi connectivity index (χ1v) is 6.95. The Kier molecular flexibility index (Phi) is 12.2. The topological polar surface area (TPSA) is 76.0 Å². The minimum absolute atomic E-state index is 0.331. The van der Waals surface area contributed by atoms with Crippen LogP contribution in [-0.2, 0) is 4.84 Å². The summed E-state index contributed by atoms with van der Waals surface area (Å²) in [6.07, 6.45) is 7.23. The van der Waals surface area contributed by atoms with Gasteiger partial charge < -0.3 is 9.94 Å². The molecular weight excluding hydrogens is 258 g/mol. The highest BCUT2D eigenvalue weighted by molar-refractivity contribution is 5.87. The van der Waals surface area contributed by atoms with Crippen LogP contribution >= 0.6 is 0 Å². The van der Waals surface area contributed by atoms with Crippen molar-refractivity contribution in [3.8, 4) is 0 Å². The molecule has 0 unspecified atom stereocenters. The highest BCUT2D eigenvalue weighted by Gasteiger charge is 1.96. The van der Waals surface area contributed by atoms with E-state index in [1.807, 2.05) is 0 Å². The molecule has 0 saturated carbocycles. The average molecular weight is 281 g/mol. The van der Waals surface area contributed by atoms with Gasteiger partial charge in [0.05, 0.1) is 5.56 Å². The molecule has 1 N–H and O–H groups in total. The van der Waals surface area contributed by atoms with E-state index in [0.29, 0.717) is 12.2 Å². The maximum absolute atomic E-state index is 10.2. The van der Waals surface area contributed by atoms with Crippen molar-refractivity contribution in [2.24, 2.45) is 5.34 Å². The molecule has 0 fully saturated rings. The molecule has 5 heteroatoms. The third kappa shape index (κ3) is 11.2. The largest absolute Gasteiger partial charge is 0.478 e. The van der Waals surface area contributed by atoms with Crippen molar-refractivity contribution < 1.29 is 14.7 Å². The van der Waals surface area contributed by atoms with E-state index in [0.717, 1.165) is 12.8 Å². The summed E-state index contributed by atoms with van der Waals surface area (Å²) in [7, 11) is 0. The van der Waals surface area contributed by atoms with Crippen LogP contribution in [0.5, 0.6) is 0 Å². The van der Waals surface area contributed by atoms with Crippen LogP contribution < -0.4 is 0 Å². The lowest BCUT2D eigenvalue weighted by Gasteiger charge is -1.97. The smallest absolute Gasteiger partial charge is 0.335 e. The van der Waals surface area contributed by atoms with Gasteiger partial charge in [0.1, 0.15) is 6.61 Å². The number of nitrogens with zero attached hydrogens (tertiary/aromatic N) is 1. The summed E-state index contributed by atoms with van der Waals surface area (Å²) in [5.74, 6) is -0.879. The molecule has 0 amide bonds. The van der Waals surface area contributed by atoms with Crippen LogP contribution in [0.4, 0.5) is 0 Å². The van der Waals surface area contributed by atoms with Crippen molar-refractivity contribution in [3.05, 3.63) is 40.8 Å². The molecular formula is C15H23NO4. The zero-order valence-corrected chi connectivity index (χ0v) is 12.0. The Balaban J connectivity index is 0.000000367. The fourth-order valence-electron chi connectivity index (χ4n) is 1.56. The van der Waals surface area contributed by atoms with Gasteiger partial charge in [0.25, 0.3) is 0 Å². The predicted octanol–water partition coefficient (Wildman–Crippen LogP) is 4.43. The van der Waals surface area contributed by atoms with E-state index in [9.17, 15) is 9.70 Å². The zero-order valence-electron chi connectivity index (χ0n) is 12.0. The molecule has 0 bridgehead atoms. The zero-order chi connectivity index (χ0) is 15.1. The lowest BCUT2D eigenvalue weighted by molar-refractivity contribution is 0.0697. The second kappa shape index (κ2) is 13.5. The molecule has 1 rings (SSSR count). The standard InChI is InChI=1S/C8H17NO2.C7H6O2/c1-2-3-4-5-6-7-8-11-9-10;8-7(9)6-4-2-1-3-5-6/h2-8H2,1H3;1-5H,(H,8,9). The van der Waals surface area contributed by atoms with Gasteiger partial charge in [-0.05, 0) is 25.0 Å². The van der Waals surface area contributed by atoms with Crippen LogP contribution in [0.2, 0.25) is 0 Å². The Bertz CT molecular complexity index is 354. The Hall–Kier alpha value is -1.91. The summed E-state index contributed by atoms with van der Waals surface area (Å²) in [6, 6.07) is 8.30. The number of unbranched alkanes of at least 4 members (excludes halogenated alkanes) is 5. The van der Waals surface area contributed by atoms with Crippen LogP contribution in [0.3, 0.4) is 0 Å². The fraction of sp³-hybridized carbons (Fsp3) is 0.533. The summed E-state index contributed by atoms with van der Waals surface area (Å²) >= 11 is 0. The van der Waals surface area contributed by atoms with E-state index < -0.39 is 5.97 Å². The number of hydrogen-bond donors (Lipinski definition) is 1. The van der Waals surface area contributed by atoms with E-state index in [4.69, 9.17) is 5.11 Å². The van der Waals surface area contributed by atoms with E-state index in [2.05, 4.69) is 17.1 Å². The lowest BCUT2D eigenvalue weighted by atomic mass is 10.1. The van der Waals surface area contributed by atoms with E-state index in [-0.39, 0.29) is 0 Å². The Labute approximate surface area is 119 Å². The number of benzene rings is 1. The minimum Gasteiger partial charge on any atom is -0.478 e. The van der Waals surface area contributed by atoms with Crippen molar-refractivity contribution >= 4 is 5.97 Å². The Morgan fingerprint density at radius 3 is 2.20 bits per heavy atom. The van der Waals surface area contributed by atoms with Crippen molar-refractivity contribution in [3.63, 3.8) is 0 Å². The second-order valence-corrected chi connectivity index (χ2v) is 4.35. The van der Waals surface area contributed by atoms with Gasteiger partial charge in [-0.3, -0.25) is 0 Å². The lowest BCUT2D eigenvalue weighted by Crippen LogP contribution is -1.93. The van der Waals surface area contributed by atoms with Crippen LogP contribution in [0.25, 0.3) is 0 Å². The summed E-state index contributed by atoms with van der Waals surface area (Å²) in [4.78, 5) is 24.0. The van der Waals surface area contributed by atoms with Crippen molar-refractivity contribution in [2.45, 2.75) is 45.4 Å². The molecule has 0 atom stereocenters. The number of aromatic carboxylic acids is 1.